The summed E-state index contributed by atoms with van der Waals surface area (Å²) in [6, 6.07) is 14.2. The Morgan fingerprint density at radius 1 is 1.09 bits per heavy atom. The van der Waals surface area contributed by atoms with Gasteiger partial charge in [-0.3, -0.25) is 4.79 Å². The number of rotatable bonds is 4. The zero-order valence-electron chi connectivity index (χ0n) is 17.6. The highest BCUT2D eigenvalue weighted by atomic mass is 19.1. The highest BCUT2D eigenvalue weighted by molar-refractivity contribution is 6.07. The van der Waals surface area contributed by atoms with Crippen molar-refractivity contribution in [3.8, 4) is 0 Å². The molecule has 2 aromatic carbocycles. The lowest BCUT2D eigenvalue weighted by Gasteiger charge is -2.12. The van der Waals surface area contributed by atoms with E-state index in [2.05, 4.69) is 19.9 Å². The van der Waals surface area contributed by atoms with Gasteiger partial charge in [-0.25, -0.2) is 18.7 Å². The maximum Gasteiger partial charge on any atom is 0.272 e. The third-order valence-corrected chi connectivity index (χ3v) is 6.06. The summed E-state index contributed by atoms with van der Waals surface area (Å²) in [6.45, 7) is 1.12. The van der Waals surface area contributed by atoms with Crippen LogP contribution in [0.4, 0.5) is 14.5 Å². The van der Waals surface area contributed by atoms with E-state index in [1.807, 2.05) is 0 Å². The number of hydrogen-bond acceptors (Lipinski definition) is 3. The number of hydrogen-bond donors (Lipinski definition) is 1. The summed E-state index contributed by atoms with van der Waals surface area (Å²) in [5.41, 5.74) is 3.54. The first-order chi connectivity index (χ1) is 16.1. The van der Waals surface area contributed by atoms with Gasteiger partial charge in [-0.05, 0) is 48.4 Å². The van der Waals surface area contributed by atoms with E-state index in [0.29, 0.717) is 22.2 Å². The number of fused-ring (bicyclic) bond motifs is 4. The molecule has 1 amide bonds. The van der Waals surface area contributed by atoms with Crippen LogP contribution in [0, 0.1) is 11.6 Å². The third-order valence-electron chi connectivity index (χ3n) is 6.06. The first-order valence-electron chi connectivity index (χ1n) is 10.8. The van der Waals surface area contributed by atoms with Gasteiger partial charge in [0.25, 0.3) is 5.91 Å². The van der Waals surface area contributed by atoms with Crippen LogP contribution in [0.25, 0.3) is 22.1 Å². The molecule has 164 valence electrons. The number of aromatic nitrogens is 4. The van der Waals surface area contributed by atoms with E-state index < -0.39 is 11.7 Å². The standard InChI is InChI=1S/C25H19F2N5O/c26-16-5-1-4-15(10-16)14-32-21-7-2-6-19(27)18(21)12-22(32)25(33)29-17-11-20-24(28-13-17)31-9-3-8-23(31)30-20/h1-2,4-7,10-13H,3,8-9,14H2,(H,29,33). The second-order valence-corrected chi connectivity index (χ2v) is 8.22. The van der Waals surface area contributed by atoms with Crippen LogP contribution < -0.4 is 5.32 Å². The van der Waals surface area contributed by atoms with Gasteiger partial charge in [-0.2, -0.15) is 0 Å². The van der Waals surface area contributed by atoms with E-state index in [1.165, 1.54) is 24.3 Å². The van der Waals surface area contributed by atoms with E-state index in [0.717, 1.165) is 36.4 Å². The number of nitrogens with one attached hydrogen (secondary N) is 1. The molecule has 8 heteroatoms. The molecule has 1 aliphatic heterocycles. The van der Waals surface area contributed by atoms with Crippen molar-refractivity contribution in [1.82, 2.24) is 19.1 Å². The summed E-state index contributed by atoms with van der Waals surface area (Å²) in [7, 11) is 0. The van der Waals surface area contributed by atoms with Crippen molar-refractivity contribution >= 4 is 33.7 Å². The fraction of sp³-hybridized carbons (Fsp3) is 0.160. The molecule has 6 rings (SSSR count). The van der Waals surface area contributed by atoms with Gasteiger partial charge in [0.15, 0.2) is 5.65 Å². The topological polar surface area (TPSA) is 64.7 Å². The Morgan fingerprint density at radius 3 is 2.85 bits per heavy atom. The second-order valence-electron chi connectivity index (χ2n) is 8.22. The van der Waals surface area contributed by atoms with Crippen LogP contribution in [0.1, 0.15) is 28.3 Å². The normalized spacial score (nSPS) is 13.0. The number of amides is 1. The van der Waals surface area contributed by atoms with Crippen LogP contribution >= 0.6 is 0 Å². The largest absolute Gasteiger partial charge is 0.332 e. The van der Waals surface area contributed by atoms with Crippen LogP contribution in [0.15, 0.2) is 60.8 Å². The molecular weight excluding hydrogens is 424 g/mol. The van der Waals surface area contributed by atoms with Gasteiger partial charge in [0, 0.05) is 24.9 Å². The van der Waals surface area contributed by atoms with Crippen LogP contribution in [-0.2, 0) is 19.5 Å². The number of carbonyl (C=O) groups is 1. The second kappa shape index (κ2) is 7.51. The minimum atomic E-state index is -0.421. The van der Waals surface area contributed by atoms with Gasteiger partial charge in [-0.1, -0.05) is 18.2 Å². The summed E-state index contributed by atoms with van der Waals surface area (Å²) < 4.78 is 32.0. The van der Waals surface area contributed by atoms with Gasteiger partial charge >= 0.3 is 0 Å². The molecule has 0 fully saturated rings. The summed E-state index contributed by atoms with van der Waals surface area (Å²) >= 11 is 0. The Morgan fingerprint density at radius 2 is 1.97 bits per heavy atom. The Balaban J connectivity index is 1.38. The molecule has 0 spiro atoms. The molecule has 0 unspecified atom stereocenters. The molecule has 0 bridgehead atoms. The Labute approximate surface area is 187 Å². The maximum absolute atomic E-state index is 14.5. The highest BCUT2D eigenvalue weighted by Gasteiger charge is 2.20. The van der Waals surface area contributed by atoms with Crippen molar-refractivity contribution in [2.24, 2.45) is 0 Å². The molecule has 33 heavy (non-hydrogen) atoms. The van der Waals surface area contributed by atoms with Crippen molar-refractivity contribution in [2.45, 2.75) is 25.9 Å². The number of halogens is 2. The number of nitrogens with zero attached hydrogens (tertiary/aromatic N) is 4. The van der Waals surface area contributed by atoms with Crippen molar-refractivity contribution < 1.29 is 13.6 Å². The van der Waals surface area contributed by atoms with E-state index in [4.69, 9.17) is 0 Å². The number of benzene rings is 2. The summed E-state index contributed by atoms with van der Waals surface area (Å²) in [4.78, 5) is 22.4. The lowest BCUT2D eigenvalue weighted by Crippen LogP contribution is -2.17. The fourth-order valence-electron chi connectivity index (χ4n) is 4.57. The lowest BCUT2D eigenvalue weighted by atomic mass is 10.2. The van der Waals surface area contributed by atoms with Gasteiger partial charge in [0.1, 0.15) is 28.7 Å². The minimum absolute atomic E-state index is 0.221. The zero-order valence-corrected chi connectivity index (χ0v) is 17.6. The molecule has 0 radical (unpaired) electrons. The molecule has 1 aliphatic rings. The van der Waals surface area contributed by atoms with Crippen molar-refractivity contribution in [3.05, 3.63) is 89.5 Å². The maximum atomic E-state index is 14.5. The van der Waals surface area contributed by atoms with Crippen LogP contribution in [-0.4, -0.2) is 25.0 Å². The smallest absolute Gasteiger partial charge is 0.272 e. The molecule has 0 saturated heterocycles. The molecule has 1 N–H and O–H groups in total. The molecule has 0 atom stereocenters. The first-order valence-corrected chi connectivity index (χ1v) is 10.8. The number of pyridine rings is 1. The number of carbonyl (C=O) groups excluding carboxylic acids is 1. The minimum Gasteiger partial charge on any atom is -0.332 e. The Bertz CT molecular complexity index is 1550. The van der Waals surface area contributed by atoms with Gasteiger partial charge < -0.3 is 14.5 Å². The van der Waals surface area contributed by atoms with Gasteiger partial charge in [0.2, 0.25) is 0 Å². The molecule has 4 heterocycles. The van der Waals surface area contributed by atoms with Gasteiger partial charge in [0.05, 0.1) is 17.4 Å². The summed E-state index contributed by atoms with van der Waals surface area (Å²) in [5.74, 6) is -0.191. The number of aryl methyl sites for hydroxylation is 2. The summed E-state index contributed by atoms with van der Waals surface area (Å²) in [5, 5.41) is 3.20. The fourth-order valence-corrected chi connectivity index (χ4v) is 4.57. The van der Waals surface area contributed by atoms with Gasteiger partial charge in [-0.15, -0.1) is 0 Å². The predicted octanol–water partition coefficient (Wildman–Crippen LogP) is 4.91. The van der Waals surface area contributed by atoms with Crippen LogP contribution in [0.5, 0.6) is 0 Å². The average molecular weight is 443 g/mol. The summed E-state index contributed by atoms with van der Waals surface area (Å²) in [6.07, 6.45) is 3.59. The van der Waals surface area contributed by atoms with E-state index >= 15 is 0 Å². The molecular formula is C25H19F2N5O. The SMILES string of the molecule is O=C(Nc1cnc2c(c1)nc1n2CCC1)c1cc2c(F)cccc2n1Cc1cccc(F)c1. The zero-order chi connectivity index (χ0) is 22.5. The van der Waals surface area contributed by atoms with Crippen LogP contribution in [0.3, 0.4) is 0 Å². The van der Waals surface area contributed by atoms with Crippen molar-refractivity contribution in [3.63, 3.8) is 0 Å². The van der Waals surface area contributed by atoms with E-state index in [-0.39, 0.29) is 18.1 Å². The third kappa shape index (κ3) is 3.34. The van der Waals surface area contributed by atoms with Crippen molar-refractivity contribution in [1.29, 1.82) is 0 Å². The average Bonchev–Trinajstić information content (AvgIpc) is 3.48. The quantitative estimate of drug-likeness (QED) is 0.429. The first kappa shape index (κ1) is 19.6. The molecule has 6 nitrogen and oxygen atoms in total. The molecule has 5 aromatic rings. The predicted molar refractivity (Wildman–Crippen MR) is 121 cm³/mol. The Hall–Kier alpha value is -4.07. The van der Waals surface area contributed by atoms with E-state index in [1.54, 1.807) is 41.1 Å². The van der Waals surface area contributed by atoms with E-state index in [9.17, 15) is 13.6 Å². The Kier molecular flexibility index (Phi) is 4.46. The van der Waals surface area contributed by atoms with Crippen molar-refractivity contribution in [2.75, 3.05) is 5.32 Å². The number of imidazole rings is 1. The highest BCUT2D eigenvalue weighted by Crippen LogP contribution is 2.26. The molecule has 3 aromatic heterocycles. The molecule has 0 saturated carbocycles. The van der Waals surface area contributed by atoms with Crippen LogP contribution in [0.2, 0.25) is 0 Å². The molecule has 0 aliphatic carbocycles. The number of anilines is 1. The lowest BCUT2D eigenvalue weighted by molar-refractivity contribution is 0.101. The monoisotopic (exact) mass is 443 g/mol.